The molecule has 4 atom stereocenters. The quantitative estimate of drug-likeness (QED) is 0.417. The molecule has 0 bridgehead atoms. The van der Waals surface area contributed by atoms with Crippen LogP contribution in [0, 0.1) is 11.3 Å². The van der Waals surface area contributed by atoms with Crippen molar-refractivity contribution in [1.29, 1.82) is 0 Å². The summed E-state index contributed by atoms with van der Waals surface area (Å²) >= 11 is 0. The van der Waals surface area contributed by atoms with Crippen LogP contribution in [0.2, 0.25) is 0 Å². The van der Waals surface area contributed by atoms with Gasteiger partial charge in [0.2, 0.25) is 11.8 Å². The fourth-order valence-electron chi connectivity index (χ4n) is 5.06. The Hall–Kier alpha value is -2.85. The first-order valence-electron chi connectivity index (χ1n) is 12.9. The summed E-state index contributed by atoms with van der Waals surface area (Å²) in [6, 6.07) is -1.68. The van der Waals surface area contributed by atoms with E-state index in [0.717, 1.165) is 25.7 Å². The first-order chi connectivity index (χ1) is 16.9. The van der Waals surface area contributed by atoms with Gasteiger partial charge in [-0.05, 0) is 71.1 Å². The second-order valence-electron chi connectivity index (χ2n) is 11.8. The fourth-order valence-corrected chi connectivity index (χ4v) is 5.06. The second kappa shape index (κ2) is 9.89. The van der Waals surface area contributed by atoms with Crippen molar-refractivity contribution in [1.82, 2.24) is 20.9 Å². The van der Waals surface area contributed by atoms with Crippen molar-refractivity contribution in [3.63, 3.8) is 0 Å². The number of nitrogens with one attached hydrogen (secondary N) is 3. The lowest BCUT2D eigenvalue weighted by Crippen LogP contribution is -2.57. The van der Waals surface area contributed by atoms with Gasteiger partial charge in [-0.2, -0.15) is 0 Å². The summed E-state index contributed by atoms with van der Waals surface area (Å²) in [5.41, 5.74) is -0.796. The average Bonchev–Trinajstić information content (AvgIpc) is 3.65. The molecule has 0 aromatic rings. The Morgan fingerprint density at radius 2 is 1.86 bits per heavy atom. The van der Waals surface area contributed by atoms with E-state index in [2.05, 4.69) is 16.0 Å². The van der Waals surface area contributed by atoms with Crippen molar-refractivity contribution in [3.8, 4) is 0 Å². The van der Waals surface area contributed by atoms with Gasteiger partial charge in [0, 0.05) is 32.0 Å². The molecule has 2 aliphatic heterocycles. The first-order valence-corrected chi connectivity index (χ1v) is 12.9. The van der Waals surface area contributed by atoms with Gasteiger partial charge in [-0.3, -0.25) is 24.1 Å². The van der Waals surface area contributed by atoms with Crippen molar-refractivity contribution < 1.29 is 33.4 Å². The van der Waals surface area contributed by atoms with Gasteiger partial charge < -0.3 is 25.4 Å². The molecule has 2 heterocycles. The van der Waals surface area contributed by atoms with Gasteiger partial charge in [-0.1, -0.05) is 0 Å². The second-order valence-corrected chi connectivity index (χ2v) is 11.8. The highest BCUT2D eigenvalue weighted by atomic mass is 16.6. The molecule has 2 saturated heterocycles. The molecule has 3 N–H and O–H groups in total. The summed E-state index contributed by atoms with van der Waals surface area (Å²) in [4.78, 5) is 65.3. The smallest absolute Gasteiger partial charge is 0.410 e. The molecule has 0 radical (unpaired) electrons. The van der Waals surface area contributed by atoms with Gasteiger partial charge in [0.1, 0.15) is 11.6 Å². The molecule has 36 heavy (non-hydrogen) atoms. The van der Waals surface area contributed by atoms with Crippen LogP contribution in [0.15, 0.2) is 0 Å². The van der Waals surface area contributed by atoms with Gasteiger partial charge in [0.25, 0.3) is 5.91 Å². The number of hydrogen-bond donors (Lipinski definition) is 3. The Kier molecular flexibility index (Phi) is 7.21. The number of nitrogens with zero attached hydrogens (tertiary/aromatic N) is 1. The van der Waals surface area contributed by atoms with Crippen molar-refractivity contribution in [3.05, 3.63) is 0 Å². The van der Waals surface area contributed by atoms with Crippen LogP contribution in [0.3, 0.4) is 0 Å². The van der Waals surface area contributed by atoms with Crippen LogP contribution in [0.5, 0.6) is 0 Å². The highest BCUT2D eigenvalue weighted by molar-refractivity contribution is 5.89. The minimum atomic E-state index is -1.29. The predicted molar refractivity (Wildman–Crippen MR) is 127 cm³/mol. The molecule has 1 unspecified atom stereocenters. The molecular formula is C25H38N4O7. The number of carbonyl (C=O) groups is 5. The lowest BCUT2D eigenvalue weighted by molar-refractivity contribution is -0.157. The Labute approximate surface area is 211 Å². The zero-order chi connectivity index (χ0) is 26.3. The highest BCUT2D eigenvalue weighted by Crippen LogP contribution is 2.55. The van der Waals surface area contributed by atoms with E-state index in [1.807, 2.05) is 0 Å². The SMILES string of the molecule is CC(=O)OC(C(=O)NC1CC1)[C@H](C[C@@H]1CCNC1=O)NC(=O)[C@@H]1CC2(CC2)CN1C(=O)OC(C)(C)C. The lowest BCUT2D eigenvalue weighted by Gasteiger charge is -2.31. The third-order valence-electron chi connectivity index (χ3n) is 7.27. The summed E-state index contributed by atoms with van der Waals surface area (Å²) < 4.78 is 11.0. The minimum absolute atomic E-state index is 0.0221. The van der Waals surface area contributed by atoms with E-state index in [4.69, 9.17) is 9.47 Å². The molecule has 4 amide bonds. The Balaban J connectivity index is 1.54. The van der Waals surface area contributed by atoms with E-state index in [1.165, 1.54) is 11.8 Å². The normalized spacial score (nSPS) is 26.1. The van der Waals surface area contributed by atoms with Crippen molar-refractivity contribution in [2.45, 2.75) is 102 Å². The number of esters is 1. The molecular weight excluding hydrogens is 468 g/mol. The topological polar surface area (TPSA) is 143 Å². The van der Waals surface area contributed by atoms with Gasteiger partial charge in [-0.15, -0.1) is 0 Å². The zero-order valence-corrected chi connectivity index (χ0v) is 21.6. The molecule has 1 spiro atoms. The van der Waals surface area contributed by atoms with E-state index >= 15 is 0 Å². The fraction of sp³-hybridized carbons (Fsp3) is 0.800. The largest absolute Gasteiger partial charge is 0.450 e. The molecule has 0 aromatic carbocycles. The summed E-state index contributed by atoms with van der Waals surface area (Å²) in [5, 5.41) is 8.50. The van der Waals surface area contributed by atoms with Crippen LogP contribution in [0.1, 0.15) is 72.6 Å². The number of likely N-dealkylation sites (tertiary alicyclic amines) is 1. The molecule has 0 aromatic heterocycles. The first kappa shape index (κ1) is 26.2. The maximum atomic E-state index is 13.6. The monoisotopic (exact) mass is 506 g/mol. The molecule has 4 fully saturated rings. The average molecular weight is 507 g/mol. The predicted octanol–water partition coefficient (Wildman–Crippen LogP) is 0.997. The summed E-state index contributed by atoms with van der Waals surface area (Å²) in [6.45, 7) is 7.46. The van der Waals surface area contributed by atoms with Gasteiger partial charge in [-0.25, -0.2) is 4.79 Å². The van der Waals surface area contributed by atoms with Gasteiger partial charge in [0.15, 0.2) is 6.10 Å². The number of rotatable bonds is 8. The molecule has 11 heteroatoms. The van der Waals surface area contributed by atoms with Crippen LogP contribution in [0.25, 0.3) is 0 Å². The van der Waals surface area contributed by atoms with E-state index < -0.39 is 53.6 Å². The Morgan fingerprint density at radius 1 is 1.17 bits per heavy atom. The lowest BCUT2D eigenvalue weighted by atomic mass is 9.93. The standard InChI is InChI=1S/C25H38N4O7/c1-14(30)35-19(22(33)27-16-5-6-16)17(11-15-7-10-26-20(15)31)28-21(32)18-12-25(8-9-25)13-29(18)23(34)36-24(2,3)4/h15-19H,5-13H2,1-4H3,(H,26,31)(H,27,33)(H,28,32)/t15-,17-,18-,19?/m0/s1. The van der Waals surface area contributed by atoms with Crippen LogP contribution in [0.4, 0.5) is 4.79 Å². The minimum Gasteiger partial charge on any atom is -0.450 e. The van der Waals surface area contributed by atoms with Crippen molar-refractivity contribution in [2.24, 2.45) is 11.3 Å². The van der Waals surface area contributed by atoms with Crippen LogP contribution >= 0.6 is 0 Å². The van der Waals surface area contributed by atoms with E-state index in [9.17, 15) is 24.0 Å². The van der Waals surface area contributed by atoms with Crippen LogP contribution in [-0.2, 0) is 28.7 Å². The Bertz CT molecular complexity index is 922. The molecule has 200 valence electrons. The molecule has 4 aliphatic rings. The number of carbonyl (C=O) groups excluding carboxylic acids is 5. The third-order valence-corrected chi connectivity index (χ3v) is 7.27. The summed E-state index contributed by atoms with van der Waals surface area (Å²) in [5.74, 6) is -2.18. The molecule has 2 aliphatic carbocycles. The highest BCUT2D eigenvalue weighted by Gasteiger charge is 2.56. The molecule has 2 saturated carbocycles. The zero-order valence-electron chi connectivity index (χ0n) is 21.6. The third kappa shape index (κ3) is 6.47. The maximum Gasteiger partial charge on any atom is 0.410 e. The van der Waals surface area contributed by atoms with Crippen LogP contribution in [-0.4, -0.2) is 77.6 Å². The van der Waals surface area contributed by atoms with E-state index in [0.29, 0.717) is 25.9 Å². The number of amides is 4. The van der Waals surface area contributed by atoms with Gasteiger partial charge in [0.05, 0.1) is 6.04 Å². The van der Waals surface area contributed by atoms with Crippen molar-refractivity contribution >= 4 is 29.8 Å². The summed E-state index contributed by atoms with van der Waals surface area (Å²) in [6.07, 6.45) is 2.90. The molecule has 11 nitrogen and oxygen atoms in total. The summed E-state index contributed by atoms with van der Waals surface area (Å²) in [7, 11) is 0. The maximum absolute atomic E-state index is 13.6. The number of ether oxygens (including phenoxy) is 2. The van der Waals surface area contributed by atoms with Crippen LogP contribution < -0.4 is 16.0 Å². The van der Waals surface area contributed by atoms with E-state index in [1.54, 1.807) is 20.8 Å². The Morgan fingerprint density at radius 3 is 2.39 bits per heavy atom. The van der Waals surface area contributed by atoms with Crippen molar-refractivity contribution in [2.75, 3.05) is 13.1 Å². The van der Waals surface area contributed by atoms with Gasteiger partial charge >= 0.3 is 12.1 Å². The molecule has 4 rings (SSSR count). The number of hydrogen-bond acceptors (Lipinski definition) is 7. The van der Waals surface area contributed by atoms with E-state index in [-0.39, 0.29) is 23.8 Å².